The lowest BCUT2D eigenvalue weighted by atomic mass is 10.2. The zero-order chi connectivity index (χ0) is 19.7. The van der Waals surface area contributed by atoms with Crippen LogP contribution < -0.4 is 4.80 Å². The van der Waals surface area contributed by atoms with Gasteiger partial charge in [0.1, 0.15) is 5.56 Å². The molecule has 1 heterocycles. The lowest BCUT2D eigenvalue weighted by Crippen LogP contribution is -2.17. The Bertz CT molecular complexity index is 1210. The molecule has 0 radical (unpaired) electrons. The summed E-state index contributed by atoms with van der Waals surface area (Å²) in [4.78, 5) is 27.6. The Labute approximate surface area is 167 Å². The molecule has 136 valence electrons. The van der Waals surface area contributed by atoms with E-state index < -0.39 is 10.8 Å². The van der Waals surface area contributed by atoms with Crippen LogP contribution in [0.15, 0.2) is 35.3 Å². The zero-order valence-corrected chi connectivity index (χ0v) is 16.2. The number of carbonyl (C=O) groups is 1. The van der Waals surface area contributed by atoms with Crippen molar-refractivity contribution in [2.75, 3.05) is 0 Å². The number of aromatic nitrogens is 1. The third-order valence-electron chi connectivity index (χ3n) is 3.86. The van der Waals surface area contributed by atoms with E-state index in [0.29, 0.717) is 9.82 Å². The highest BCUT2D eigenvalue weighted by Gasteiger charge is 2.21. The third-order valence-corrected chi connectivity index (χ3v) is 5.55. The number of nitrogens with zero attached hydrogens (tertiary/aromatic N) is 3. The summed E-state index contributed by atoms with van der Waals surface area (Å²) < 4.78 is 2.54. The minimum absolute atomic E-state index is 0.172. The first-order valence-electron chi connectivity index (χ1n) is 7.58. The lowest BCUT2D eigenvalue weighted by molar-refractivity contribution is -0.385. The normalized spacial score (nSPS) is 11.6. The molecule has 6 nitrogen and oxygen atoms in total. The second-order valence-electron chi connectivity index (χ2n) is 5.53. The Kier molecular flexibility index (Phi) is 5.33. The number of terminal acetylenes is 1. The quantitative estimate of drug-likeness (QED) is 0.353. The molecule has 1 amide bonds. The summed E-state index contributed by atoms with van der Waals surface area (Å²) >= 11 is 13.3. The summed E-state index contributed by atoms with van der Waals surface area (Å²) in [5.41, 5.74) is 1.03. The van der Waals surface area contributed by atoms with E-state index in [1.807, 2.05) is 13.0 Å². The summed E-state index contributed by atoms with van der Waals surface area (Å²) in [6, 6.07) is 7.32. The number of nitro groups is 1. The molecule has 1 aromatic heterocycles. The summed E-state index contributed by atoms with van der Waals surface area (Å²) in [5.74, 6) is 1.75. The van der Waals surface area contributed by atoms with Crippen molar-refractivity contribution in [1.29, 1.82) is 0 Å². The van der Waals surface area contributed by atoms with Crippen LogP contribution in [-0.2, 0) is 6.54 Å². The van der Waals surface area contributed by atoms with Crippen LogP contribution in [0, 0.1) is 29.4 Å². The standard InChI is InChI=1S/C18H11Cl2N3O3S/c1-3-8-22-16-10(2)13(20)5-7-15(16)27-18(22)21-17(24)12-9-11(19)4-6-14(12)23(25)26/h1,4-7,9H,8H2,2H3. The third kappa shape index (κ3) is 3.60. The molecule has 0 aliphatic rings. The van der Waals surface area contributed by atoms with E-state index in [1.54, 1.807) is 10.6 Å². The van der Waals surface area contributed by atoms with E-state index >= 15 is 0 Å². The van der Waals surface area contributed by atoms with E-state index in [-0.39, 0.29) is 22.8 Å². The molecule has 0 spiro atoms. The van der Waals surface area contributed by atoms with Gasteiger partial charge in [-0.15, -0.1) is 6.42 Å². The predicted molar refractivity (Wildman–Crippen MR) is 106 cm³/mol. The zero-order valence-electron chi connectivity index (χ0n) is 13.9. The highest BCUT2D eigenvalue weighted by atomic mass is 35.5. The predicted octanol–water partition coefficient (Wildman–Crippen LogP) is 4.60. The fourth-order valence-corrected chi connectivity index (χ4v) is 4.04. The van der Waals surface area contributed by atoms with Crippen LogP contribution in [-0.4, -0.2) is 15.4 Å². The second-order valence-corrected chi connectivity index (χ2v) is 7.38. The van der Waals surface area contributed by atoms with Gasteiger partial charge in [0.25, 0.3) is 11.6 Å². The molecule has 0 N–H and O–H groups in total. The first kappa shape index (κ1) is 19.1. The molecule has 2 aromatic carbocycles. The van der Waals surface area contributed by atoms with Crippen LogP contribution >= 0.6 is 34.5 Å². The number of hydrogen-bond acceptors (Lipinski definition) is 4. The maximum absolute atomic E-state index is 12.7. The van der Waals surface area contributed by atoms with Gasteiger partial charge in [-0.1, -0.05) is 40.5 Å². The molecule has 0 aliphatic heterocycles. The molecule has 27 heavy (non-hydrogen) atoms. The van der Waals surface area contributed by atoms with Gasteiger partial charge in [0.2, 0.25) is 0 Å². The summed E-state index contributed by atoms with van der Waals surface area (Å²) in [7, 11) is 0. The van der Waals surface area contributed by atoms with Crippen molar-refractivity contribution >= 4 is 56.3 Å². The number of nitro benzene ring substituents is 1. The number of rotatable bonds is 3. The molecule has 0 fully saturated rings. The summed E-state index contributed by atoms with van der Waals surface area (Å²) in [6.45, 7) is 2.02. The highest BCUT2D eigenvalue weighted by molar-refractivity contribution is 7.16. The Balaban J connectivity index is 2.26. The van der Waals surface area contributed by atoms with Gasteiger partial charge in [-0.25, -0.2) is 0 Å². The Morgan fingerprint density at radius 1 is 1.37 bits per heavy atom. The van der Waals surface area contributed by atoms with E-state index in [0.717, 1.165) is 15.8 Å². The van der Waals surface area contributed by atoms with Gasteiger partial charge < -0.3 is 4.57 Å². The summed E-state index contributed by atoms with van der Waals surface area (Å²) in [5, 5.41) is 12.0. The summed E-state index contributed by atoms with van der Waals surface area (Å²) in [6.07, 6.45) is 5.46. The lowest BCUT2D eigenvalue weighted by Gasteiger charge is -2.04. The highest BCUT2D eigenvalue weighted by Crippen LogP contribution is 2.27. The smallest absolute Gasteiger partial charge is 0.286 e. The molecular weight excluding hydrogens is 409 g/mol. The molecular formula is C18H11Cl2N3O3S. The van der Waals surface area contributed by atoms with Crippen LogP contribution in [0.5, 0.6) is 0 Å². The number of thiazole rings is 1. The van der Waals surface area contributed by atoms with Crippen LogP contribution in [0.25, 0.3) is 10.2 Å². The Morgan fingerprint density at radius 3 is 2.78 bits per heavy atom. The van der Waals surface area contributed by atoms with Gasteiger partial charge in [-0.05, 0) is 36.8 Å². The Morgan fingerprint density at radius 2 is 2.11 bits per heavy atom. The first-order valence-corrected chi connectivity index (χ1v) is 9.15. The molecule has 3 rings (SSSR count). The fourth-order valence-electron chi connectivity index (χ4n) is 2.62. The van der Waals surface area contributed by atoms with Gasteiger partial charge >= 0.3 is 0 Å². The number of hydrogen-bond donors (Lipinski definition) is 0. The number of halogens is 2. The molecule has 0 aliphatic carbocycles. The van der Waals surface area contributed by atoms with Crippen molar-refractivity contribution in [3.63, 3.8) is 0 Å². The molecule has 0 atom stereocenters. The van der Waals surface area contributed by atoms with Crippen molar-refractivity contribution in [2.45, 2.75) is 13.5 Å². The van der Waals surface area contributed by atoms with E-state index in [2.05, 4.69) is 10.9 Å². The first-order chi connectivity index (χ1) is 12.8. The number of aryl methyl sites for hydroxylation is 1. The van der Waals surface area contributed by atoms with Crippen molar-refractivity contribution in [1.82, 2.24) is 4.57 Å². The maximum Gasteiger partial charge on any atom is 0.286 e. The average Bonchev–Trinajstić information content (AvgIpc) is 2.96. The minimum atomic E-state index is -0.773. The van der Waals surface area contributed by atoms with Crippen molar-refractivity contribution in [3.8, 4) is 12.3 Å². The van der Waals surface area contributed by atoms with Gasteiger partial charge in [-0.2, -0.15) is 4.99 Å². The minimum Gasteiger partial charge on any atom is -0.304 e. The Hall–Kier alpha value is -2.66. The monoisotopic (exact) mass is 419 g/mol. The number of benzene rings is 2. The van der Waals surface area contributed by atoms with Gasteiger partial charge in [0, 0.05) is 16.1 Å². The van der Waals surface area contributed by atoms with E-state index in [1.165, 1.54) is 29.5 Å². The van der Waals surface area contributed by atoms with E-state index in [4.69, 9.17) is 29.6 Å². The second kappa shape index (κ2) is 7.53. The van der Waals surface area contributed by atoms with Crippen molar-refractivity contribution < 1.29 is 9.72 Å². The van der Waals surface area contributed by atoms with Crippen molar-refractivity contribution in [2.24, 2.45) is 4.99 Å². The fraction of sp³-hybridized carbons (Fsp3) is 0.111. The van der Waals surface area contributed by atoms with Crippen LogP contribution in [0.4, 0.5) is 5.69 Å². The van der Waals surface area contributed by atoms with Gasteiger partial charge in [0.05, 0.1) is 21.7 Å². The molecule has 3 aromatic rings. The molecule has 0 saturated carbocycles. The average molecular weight is 420 g/mol. The van der Waals surface area contributed by atoms with Crippen LogP contribution in [0.3, 0.4) is 0 Å². The number of fused-ring (bicyclic) bond motifs is 1. The maximum atomic E-state index is 12.7. The number of amides is 1. The largest absolute Gasteiger partial charge is 0.304 e. The molecule has 9 heteroatoms. The van der Waals surface area contributed by atoms with Crippen LogP contribution in [0.1, 0.15) is 15.9 Å². The van der Waals surface area contributed by atoms with Crippen LogP contribution in [0.2, 0.25) is 10.0 Å². The SMILES string of the molecule is C#CCn1c(=NC(=O)c2cc(Cl)ccc2[N+](=O)[O-])sc2ccc(Cl)c(C)c21. The van der Waals surface area contributed by atoms with Gasteiger partial charge in [-0.3, -0.25) is 14.9 Å². The molecule has 0 saturated heterocycles. The van der Waals surface area contributed by atoms with E-state index in [9.17, 15) is 14.9 Å². The molecule has 0 bridgehead atoms. The number of carbonyl (C=O) groups excluding carboxylic acids is 1. The van der Waals surface area contributed by atoms with Gasteiger partial charge in [0.15, 0.2) is 4.80 Å². The van der Waals surface area contributed by atoms with Crippen molar-refractivity contribution in [3.05, 3.63) is 66.4 Å². The molecule has 0 unspecified atom stereocenters. The topological polar surface area (TPSA) is 77.5 Å².